The van der Waals surface area contributed by atoms with Gasteiger partial charge in [-0.2, -0.15) is 0 Å². The van der Waals surface area contributed by atoms with Gasteiger partial charge in [0.15, 0.2) is 0 Å². The molecule has 0 atom stereocenters. The van der Waals surface area contributed by atoms with Crippen molar-refractivity contribution in [1.29, 1.82) is 0 Å². The zero-order valence-corrected chi connectivity index (χ0v) is 16.5. The van der Waals surface area contributed by atoms with E-state index < -0.39 is 10.0 Å². The minimum atomic E-state index is -3.78. The molecule has 144 valence electrons. The summed E-state index contributed by atoms with van der Waals surface area (Å²) in [6, 6.07) is 21.3. The van der Waals surface area contributed by atoms with Gasteiger partial charge in [-0.25, -0.2) is 13.4 Å². The van der Waals surface area contributed by atoms with E-state index >= 15 is 0 Å². The molecule has 0 bridgehead atoms. The second kappa shape index (κ2) is 8.22. The smallest absolute Gasteiger partial charge is 0.263 e. The number of rotatable bonds is 6. The van der Waals surface area contributed by atoms with Crippen LogP contribution in [-0.4, -0.2) is 38.3 Å². The predicted molar refractivity (Wildman–Crippen MR) is 109 cm³/mol. The molecular formula is C21H21N3O3S. The van der Waals surface area contributed by atoms with Crippen LogP contribution in [0.25, 0.3) is 11.1 Å². The molecule has 0 spiro atoms. The van der Waals surface area contributed by atoms with Gasteiger partial charge in [-0.15, -0.1) is 0 Å². The van der Waals surface area contributed by atoms with Crippen molar-refractivity contribution in [3.8, 4) is 11.1 Å². The van der Waals surface area contributed by atoms with Crippen molar-refractivity contribution in [2.24, 2.45) is 0 Å². The summed E-state index contributed by atoms with van der Waals surface area (Å²) in [5.74, 6) is 0.0696. The van der Waals surface area contributed by atoms with Gasteiger partial charge in [0, 0.05) is 14.1 Å². The van der Waals surface area contributed by atoms with Gasteiger partial charge in [0.2, 0.25) is 5.91 Å². The molecule has 0 aliphatic carbocycles. The maximum Gasteiger partial charge on any atom is 0.263 e. The Kier molecular flexibility index (Phi) is 5.75. The largest absolute Gasteiger partial charge is 0.348 e. The van der Waals surface area contributed by atoms with Crippen molar-refractivity contribution in [2.45, 2.75) is 11.3 Å². The van der Waals surface area contributed by atoms with E-state index in [1.165, 1.54) is 4.90 Å². The summed E-state index contributed by atoms with van der Waals surface area (Å²) in [6.45, 7) is 0. The van der Waals surface area contributed by atoms with Crippen LogP contribution >= 0.6 is 0 Å². The van der Waals surface area contributed by atoms with Crippen LogP contribution in [0, 0.1) is 0 Å². The van der Waals surface area contributed by atoms with Gasteiger partial charge in [-0.1, -0.05) is 48.5 Å². The van der Waals surface area contributed by atoms with E-state index in [1.54, 1.807) is 56.6 Å². The number of carbonyl (C=O) groups is 1. The van der Waals surface area contributed by atoms with Crippen LogP contribution in [0.2, 0.25) is 0 Å². The number of hydrogen-bond donors (Lipinski definition) is 1. The van der Waals surface area contributed by atoms with Crippen molar-refractivity contribution < 1.29 is 13.2 Å². The molecule has 1 aromatic heterocycles. The lowest BCUT2D eigenvalue weighted by Gasteiger charge is -2.11. The topological polar surface area (TPSA) is 79.4 Å². The molecule has 28 heavy (non-hydrogen) atoms. The molecule has 0 aliphatic rings. The predicted octanol–water partition coefficient (Wildman–Crippen LogP) is 3.18. The molecular weight excluding hydrogens is 374 g/mol. The Hall–Kier alpha value is -3.19. The van der Waals surface area contributed by atoms with Gasteiger partial charge in [-0.05, 0) is 35.4 Å². The lowest BCUT2D eigenvalue weighted by Crippen LogP contribution is -2.24. The zero-order chi connectivity index (χ0) is 20.1. The quantitative estimate of drug-likeness (QED) is 0.695. The Morgan fingerprint density at radius 2 is 1.54 bits per heavy atom. The first-order valence-electron chi connectivity index (χ1n) is 8.69. The number of nitrogens with zero attached hydrogens (tertiary/aromatic N) is 2. The first kappa shape index (κ1) is 19.6. The number of aromatic nitrogens is 1. The van der Waals surface area contributed by atoms with E-state index in [1.807, 2.05) is 30.3 Å². The number of likely N-dealkylation sites (N-methyl/N-ethyl adjacent to an activating group) is 1. The summed E-state index contributed by atoms with van der Waals surface area (Å²) >= 11 is 0. The molecule has 0 unspecified atom stereocenters. The van der Waals surface area contributed by atoms with Gasteiger partial charge in [0.25, 0.3) is 10.0 Å². The van der Waals surface area contributed by atoms with Crippen LogP contribution in [0.4, 0.5) is 5.82 Å². The molecule has 0 radical (unpaired) electrons. The number of carbonyl (C=O) groups excluding carboxylic acids is 1. The Morgan fingerprint density at radius 3 is 2.18 bits per heavy atom. The first-order valence-corrected chi connectivity index (χ1v) is 10.2. The van der Waals surface area contributed by atoms with Crippen LogP contribution in [0.15, 0.2) is 77.7 Å². The van der Waals surface area contributed by atoms with Crippen LogP contribution in [0.5, 0.6) is 0 Å². The molecule has 7 heteroatoms. The molecule has 0 saturated carbocycles. The standard InChI is InChI=1S/C21H21N3O3S/c1-24(2)21(25)15-18-9-6-10-20(22-18)23-28(26,27)19-13-11-17(12-14-19)16-7-4-3-5-8-16/h3-14H,15H2,1-2H3,(H,22,23). The highest BCUT2D eigenvalue weighted by atomic mass is 32.2. The Labute approximate surface area is 164 Å². The summed E-state index contributed by atoms with van der Waals surface area (Å²) in [7, 11) is -0.460. The molecule has 0 saturated heterocycles. The Morgan fingerprint density at radius 1 is 0.893 bits per heavy atom. The third-order valence-electron chi connectivity index (χ3n) is 4.15. The number of pyridine rings is 1. The first-order chi connectivity index (χ1) is 13.3. The van der Waals surface area contributed by atoms with Crippen LogP contribution in [0.3, 0.4) is 0 Å². The molecule has 1 amide bonds. The normalized spacial score (nSPS) is 11.1. The minimum absolute atomic E-state index is 0.105. The molecule has 3 aromatic rings. The SMILES string of the molecule is CN(C)C(=O)Cc1cccc(NS(=O)(=O)c2ccc(-c3ccccc3)cc2)n1. The number of anilines is 1. The van der Waals surface area contributed by atoms with Crippen molar-refractivity contribution in [2.75, 3.05) is 18.8 Å². The highest BCUT2D eigenvalue weighted by molar-refractivity contribution is 7.92. The van der Waals surface area contributed by atoms with Crippen molar-refractivity contribution in [3.63, 3.8) is 0 Å². The van der Waals surface area contributed by atoms with Crippen LogP contribution in [-0.2, 0) is 21.2 Å². The van der Waals surface area contributed by atoms with Gasteiger partial charge < -0.3 is 4.90 Å². The third kappa shape index (κ3) is 4.75. The van der Waals surface area contributed by atoms with Crippen molar-refractivity contribution >= 4 is 21.7 Å². The van der Waals surface area contributed by atoms with Gasteiger partial charge >= 0.3 is 0 Å². The molecule has 1 N–H and O–H groups in total. The van der Waals surface area contributed by atoms with Crippen molar-refractivity contribution in [1.82, 2.24) is 9.88 Å². The second-order valence-electron chi connectivity index (χ2n) is 6.48. The molecule has 3 rings (SSSR count). The van der Waals surface area contributed by atoms with E-state index in [-0.39, 0.29) is 23.0 Å². The minimum Gasteiger partial charge on any atom is -0.348 e. The molecule has 0 aliphatic heterocycles. The molecule has 6 nitrogen and oxygen atoms in total. The van der Waals surface area contributed by atoms with E-state index in [9.17, 15) is 13.2 Å². The Balaban J connectivity index is 1.78. The average Bonchev–Trinajstić information content (AvgIpc) is 2.68. The number of sulfonamides is 1. The zero-order valence-electron chi connectivity index (χ0n) is 15.7. The van der Waals surface area contributed by atoms with E-state index in [2.05, 4.69) is 9.71 Å². The summed E-state index contributed by atoms with van der Waals surface area (Å²) in [6.07, 6.45) is 0.105. The lowest BCUT2D eigenvalue weighted by molar-refractivity contribution is -0.128. The highest BCUT2D eigenvalue weighted by Crippen LogP contribution is 2.22. The summed E-state index contributed by atoms with van der Waals surface area (Å²) in [4.78, 5) is 17.7. The van der Waals surface area contributed by atoms with Gasteiger partial charge in [0.1, 0.15) is 5.82 Å². The fourth-order valence-electron chi connectivity index (χ4n) is 2.60. The van der Waals surface area contributed by atoms with E-state index in [0.717, 1.165) is 11.1 Å². The maximum atomic E-state index is 12.7. The number of benzene rings is 2. The molecule has 2 aromatic carbocycles. The maximum absolute atomic E-state index is 12.7. The van der Waals surface area contributed by atoms with Crippen LogP contribution < -0.4 is 4.72 Å². The summed E-state index contributed by atoms with van der Waals surface area (Å²) < 4.78 is 27.8. The summed E-state index contributed by atoms with van der Waals surface area (Å²) in [5, 5.41) is 0. The second-order valence-corrected chi connectivity index (χ2v) is 8.16. The van der Waals surface area contributed by atoms with E-state index in [0.29, 0.717) is 5.69 Å². The lowest BCUT2D eigenvalue weighted by atomic mass is 10.1. The average molecular weight is 395 g/mol. The molecule has 0 fully saturated rings. The number of amides is 1. The van der Waals surface area contributed by atoms with Gasteiger partial charge in [-0.3, -0.25) is 9.52 Å². The highest BCUT2D eigenvalue weighted by Gasteiger charge is 2.16. The fraction of sp³-hybridized carbons (Fsp3) is 0.143. The van der Waals surface area contributed by atoms with Crippen molar-refractivity contribution in [3.05, 3.63) is 78.5 Å². The number of nitrogens with one attached hydrogen (secondary N) is 1. The van der Waals surface area contributed by atoms with E-state index in [4.69, 9.17) is 0 Å². The molecule has 1 heterocycles. The summed E-state index contributed by atoms with van der Waals surface area (Å²) in [5.41, 5.74) is 2.44. The van der Waals surface area contributed by atoms with Gasteiger partial charge in [0.05, 0.1) is 17.0 Å². The monoisotopic (exact) mass is 395 g/mol. The fourth-order valence-corrected chi connectivity index (χ4v) is 3.60. The third-order valence-corrected chi connectivity index (χ3v) is 5.52. The number of hydrogen-bond acceptors (Lipinski definition) is 4. The van der Waals surface area contributed by atoms with Crippen LogP contribution in [0.1, 0.15) is 5.69 Å². The Bertz CT molecular complexity index is 1060.